The van der Waals surface area contributed by atoms with Crippen molar-refractivity contribution < 1.29 is 0 Å². The van der Waals surface area contributed by atoms with Gasteiger partial charge in [0.1, 0.15) is 0 Å². The minimum absolute atomic E-state index is 0.729. The van der Waals surface area contributed by atoms with E-state index in [0.29, 0.717) is 0 Å². The van der Waals surface area contributed by atoms with Gasteiger partial charge in [0.05, 0.1) is 25.0 Å². The maximum Gasteiger partial charge on any atom is 0.189 e. The van der Waals surface area contributed by atoms with Crippen LogP contribution in [0.1, 0.15) is 61.1 Å². The predicted octanol–water partition coefficient (Wildman–Crippen LogP) is 7.47. The highest BCUT2D eigenvalue weighted by Crippen LogP contribution is 2.44. The molecule has 0 fully saturated rings. The molecular formula is C29H43N4PS. The second-order valence-corrected chi connectivity index (χ2v) is 12.1. The van der Waals surface area contributed by atoms with Gasteiger partial charge >= 0.3 is 0 Å². The molecule has 2 aromatic carbocycles. The van der Waals surface area contributed by atoms with Gasteiger partial charge in [-0.15, -0.1) is 0 Å². The number of aryl methyl sites for hydroxylation is 6. The van der Waals surface area contributed by atoms with E-state index in [1.165, 1.54) is 50.2 Å². The van der Waals surface area contributed by atoms with Crippen LogP contribution in [-0.2, 0) is 0 Å². The van der Waals surface area contributed by atoms with Crippen molar-refractivity contribution in [3.8, 4) is 11.4 Å². The number of hydrogen-bond acceptors (Lipinski definition) is 3. The van der Waals surface area contributed by atoms with Crippen molar-refractivity contribution >= 4 is 25.9 Å². The molecule has 4 nitrogen and oxygen atoms in total. The Labute approximate surface area is 219 Å². The van der Waals surface area contributed by atoms with Gasteiger partial charge in [-0.05, 0) is 76.0 Å². The fourth-order valence-corrected chi connectivity index (χ4v) is 8.48. The molecule has 190 valence electrons. The van der Waals surface area contributed by atoms with Gasteiger partial charge in [-0.1, -0.05) is 63.1 Å². The average Bonchev–Trinajstić information content (AvgIpc) is 3.09. The van der Waals surface area contributed by atoms with Crippen molar-refractivity contribution in [1.82, 2.24) is 18.5 Å². The Kier molecular flexibility index (Phi) is 9.15. The maximum atomic E-state index is 6.32. The molecule has 6 heteroatoms. The molecule has 0 amide bonds. The van der Waals surface area contributed by atoms with Gasteiger partial charge in [0.25, 0.3) is 0 Å². The highest BCUT2D eigenvalue weighted by atomic mass is 32.1. The summed E-state index contributed by atoms with van der Waals surface area (Å²) in [4.78, 5) is 0. The lowest BCUT2D eigenvalue weighted by Crippen LogP contribution is -2.36. The molecular weight excluding hydrogens is 467 g/mol. The number of aromatic nitrogens is 2. The van der Waals surface area contributed by atoms with Crippen LogP contribution in [0.25, 0.3) is 11.4 Å². The Hall–Kier alpha value is -1.78. The summed E-state index contributed by atoms with van der Waals surface area (Å²) in [6.45, 7) is 26.3. The fraction of sp³-hybridized carbons (Fsp3) is 0.483. The molecule has 0 atom stereocenters. The Morgan fingerprint density at radius 1 is 0.657 bits per heavy atom. The first-order valence-electron chi connectivity index (χ1n) is 12.9. The second kappa shape index (κ2) is 11.5. The van der Waals surface area contributed by atoms with Gasteiger partial charge < -0.3 is 0 Å². The highest BCUT2D eigenvalue weighted by molar-refractivity contribution is 7.71. The summed E-state index contributed by atoms with van der Waals surface area (Å²) >= 11 is 6.32. The van der Waals surface area contributed by atoms with Crippen LogP contribution in [0.15, 0.2) is 30.5 Å². The molecule has 35 heavy (non-hydrogen) atoms. The van der Waals surface area contributed by atoms with Gasteiger partial charge in [-0.25, -0.2) is 0 Å². The first-order chi connectivity index (χ1) is 16.6. The van der Waals surface area contributed by atoms with E-state index in [9.17, 15) is 0 Å². The Morgan fingerprint density at radius 3 is 1.40 bits per heavy atom. The molecule has 0 aliphatic heterocycles. The summed E-state index contributed by atoms with van der Waals surface area (Å²) in [5.74, 6) is 0. The third-order valence-electron chi connectivity index (χ3n) is 6.81. The normalized spacial score (nSPS) is 11.9. The average molecular weight is 511 g/mol. The van der Waals surface area contributed by atoms with E-state index < -0.39 is 8.22 Å². The molecule has 0 saturated heterocycles. The lowest BCUT2D eigenvalue weighted by Gasteiger charge is -2.37. The SMILES string of the molecule is CCN(CC)P(c1cn(-c2c(C)cc(C)cc2C)c(=S)n1-c1c(C)cc(C)cc1C)N(CC)CC. The van der Waals surface area contributed by atoms with Crippen molar-refractivity contribution in [2.24, 2.45) is 0 Å². The minimum Gasteiger partial charge on any atom is -0.291 e. The molecule has 0 spiro atoms. The van der Waals surface area contributed by atoms with E-state index in [0.717, 1.165) is 31.0 Å². The lowest BCUT2D eigenvalue weighted by atomic mass is 10.0. The van der Waals surface area contributed by atoms with Gasteiger partial charge in [0.2, 0.25) is 0 Å². The number of imidazole rings is 1. The van der Waals surface area contributed by atoms with Crippen LogP contribution in [0.2, 0.25) is 0 Å². The molecule has 0 bridgehead atoms. The Morgan fingerprint density at radius 2 is 1.03 bits per heavy atom. The summed E-state index contributed by atoms with van der Waals surface area (Å²) < 4.78 is 10.7. The van der Waals surface area contributed by atoms with Crippen molar-refractivity contribution in [3.63, 3.8) is 0 Å². The van der Waals surface area contributed by atoms with Crippen LogP contribution >= 0.6 is 20.4 Å². The molecule has 3 rings (SSSR count). The van der Waals surface area contributed by atoms with Crippen LogP contribution in [0.4, 0.5) is 0 Å². The third kappa shape index (κ3) is 5.34. The summed E-state index contributed by atoms with van der Waals surface area (Å²) in [7, 11) is -0.729. The topological polar surface area (TPSA) is 16.3 Å². The van der Waals surface area contributed by atoms with Gasteiger partial charge in [-0.2, -0.15) is 0 Å². The number of rotatable bonds is 9. The molecule has 0 radical (unpaired) electrons. The van der Waals surface area contributed by atoms with Crippen LogP contribution in [0, 0.1) is 46.3 Å². The van der Waals surface area contributed by atoms with E-state index in [-0.39, 0.29) is 0 Å². The van der Waals surface area contributed by atoms with Crippen LogP contribution < -0.4 is 5.44 Å². The number of benzene rings is 2. The van der Waals surface area contributed by atoms with Gasteiger partial charge in [0.15, 0.2) is 4.77 Å². The largest absolute Gasteiger partial charge is 0.291 e. The van der Waals surface area contributed by atoms with Crippen molar-refractivity contribution in [2.75, 3.05) is 26.2 Å². The standard InChI is InChI=1S/C29H43N4PS/c1-11-30(12-2)34(31(13-3)14-4)26-19-32(27-22(7)15-20(5)16-23(27)8)29(35)33(26)28-24(9)17-21(6)18-25(28)10/h15-19H,11-14H2,1-10H3. The molecule has 0 aliphatic carbocycles. The molecule has 0 aliphatic rings. The molecule has 1 heterocycles. The van der Waals surface area contributed by atoms with E-state index >= 15 is 0 Å². The van der Waals surface area contributed by atoms with Crippen LogP contribution in [0.5, 0.6) is 0 Å². The minimum atomic E-state index is -0.729. The zero-order valence-corrected chi connectivity index (χ0v) is 25.1. The van der Waals surface area contributed by atoms with Crippen LogP contribution in [0.3, 0.4) is 0 Å². The van der Waals surface area contributed by atoms with Crippen LogP contribution in [-0.4, -0.2) is 44.7 Å². The van der Waals surface area contributed by atoms with E-state index in [2.05, 4.69) is 118 Å². The highest BCUT2D eigenvalue weighted by Gasteiger charge is 2.30. The second-order valence-electron chi connectivity index (χ2n) is 9.54. The lowest BCUT2D eigenvalue weighted by molar-refractivity contribution is 0.429. The number of nitrogens with zero attached hydrogens (tertiary/aromatic N) is 4. The van der Waals surface area contributed by atoms with E-state index in [1.807, 2.05) is 0 Å². The third-order valence-corrected chi connectivity index (χ3v) is 10.1. The maximum absolute atomic E-state index is 6.32. The summed E-state index contributed by atoms with van der Waals surface area (Å²) in [6.07, 6.45) is 2.34. The summed E-state index contributed by atoms with van der Waals surface area (Å²) in [5, 5.41) is 0. The molecule has 0 saturated carbocycles. The van der Waals surface area contributed by atoms with E-state index in [1.54, 1.807) is 0 Å². The summed E-state index contributed by atoms with van der Waals surface area (Å²) in [6, 6.07) is 9.09. The molecule has 3 aromatic rings. The fourth-order valence-electron chi connectivity index (χ4n) is 5.47. The van der Waals surface area contributed by atoms with E-state index in [4.69, 9.17) is 12.2 Å². The molecule has 0 unspecified atom stereocenters. The van der Waals surface area contributed by atoms with Gasteiger partial charge in [-0.3, -0.25) is 18.5 Å². The zero-order valence-electron chi connectivity index (χ0n) is 23.4. The first kappa shape index (κ1) is 27.8. The van der Waals surface area contributed by atoms with Crippen molar-refractivity contribution in [3.05, 3.63) is 68.6 Å². The van der Waals surface area contributed by atoms with Gasteiger partial charge in [0, 0.05) is 32.4 Å². The number of hydrogen-bond donors (Lipinski definition) is 0. The smallest absolute Gasteiger partial charge is 0.189 e. The van der Waals surface area contributed by atoms with Crippen molar-refractivity contribution in [2.45, 2.75) is 69.2 Å². The quantitative estimate of drug-likeness (QED) is 0.219. The van der Waals surface area contributed by atoms with Crippen molar-refractivity contribution in [1.29, 1.82) is 0 Å². The zero-order chi connectivity index (χ0) is 26.0. The first-order valence-corrected chi connectivity index (χ1v) is 14.6. The molecule has 1 aromatic heterocycles. The predicted molar refractivity (Wildman–Crippen MR) is 157 cm³/mol. The Balaban J connectivity index is 2.48. The molecule has 0 N–H and O–H groups in total. The summed E-state index contributed by atoms with van der Waals surface area (Å²) in [5.41, 5.74) is 11.4. The monoisotopic (exact) mass is 510 g/mol. The Bertz CT molecular complexity index is 1190.